The molecule has 0 amide bonds. The SMILES string of the molecule is CCCCCCCCC#CCCCCC(=O)OC. The van der Waals surface area contributed by atoms with Crippen molar-refractivity contribution < 1.29 is 9.53 Å². The predicted octanol–water partition coefficient (Wildman–Crippen LogP) is 4.47. The lowest BCUT2D eigenvalue weighted by Gasteiger charge is -1.97. The number of unbranched alkanes of at least 4 members (excludes halogenated alkanes) is 8. The summed E-state index contributed by atoms with van der Waals surface area (Å²) in [4.78, 5) is 10.8. The van der Waals surface area contributed by atoms with E-state index in [2.05, 4.69) is 23.5 Å². The fourth-order valence-corrected chi connectivity index (χ4v) is 1.76. The summed E-state index contributed by atoms with van der Waals surface area (Å²) < 4.78 is 4.58. The first-order valence-electron chi connectivity index (χ1n) is 7.33. The van der Waals surface area contributed by atoms with Crippen LogP contribution in [0.15, 0.2) is 0 Å². The Hall–Kier alpha value is -0.970. The van der Waals surface area contributed by atoms with Crippen LogP contribution in [0.1, 0.15) is 77.6 Å². The molecule has 0 N–H and O–H groups in total. The van der Waals surface area contributed by atoms with Crippen LogP contribution in [0.2, 0.25) is 0 Å². The lowest BCUT2D eigenvalue weighted by atomic mass is 10.1. The van der Waals surface area contributed by atoms with Crippen LogP contribution < -0.4 is 0 Å². The fraction of sp³-hybridized carbons (Fsp3) is 0.812. The van der Waals surface area contributed by atoms with Gasteiger partial charge in [0.2, 0.25) is 0 Å². The third kappa shape index (κ3) is 13.1. The van der Waals surface area contributed by atoms with Crippen molar-refractivity contribution in [2.45, 2.75) is 77.6 Å². The maximum Gasteiger partial charge on any atom is 0.305 e. The van der Waals surface area contributed by atoms with Crippen molar-refractivity contribution in [1.82, 2.24) is 0 Å². The highest BCUT2D eigenvalue weighted by molar-refractivity contribution is 5.68. The molecule has 0 aliphatic heterocycles. The van der Waals surface area contributed by atoms with Gasteiger partial charge in [0.15, 0.2) is 0 Å². The van der Waals surface area contributed by atoms with Crippen molar-refractivity contribution in [3.63, 3.8) is 0 Å². The summed E-state index contributed by atoms with van der Waals surface area (Å²) in [5.74, 6) is 6.27. The lowest BCUT2D eigenvalue weighted by Crippen LogP contribution is -1.98. The molecule has 0 aromatic heterocycles. The quantitative estimate of drug-likeness (QED) is 0.326. The van der Waals surface area contributed by atoms with E-state index in [1.54, 1.807) is 0 Å². The van der Waals surface area contributed by atoms with Gasteiger partial charge in [0.1, 0.15) is 0 Å². The third-order valence-corrected chi connectivity index (χ3v) is 2.94. The molecule has 0 unspecified atom stereocenters. The first-order chi connectivity index (χ1) is 8.81. The van der Waals surface area contributed by atoms with Crippen molar-refractivity contribution >= 4 is 5.97 Å². The Morgan fingerprint density at radius 1 is 0.889 bits per heavy atom. The molecule has 104 valence electrons. The average molecular weight is 252 g/mol. The molecule has 0 spiro atoms. The van der Waals surface area contributed by atoms with Crippen LogP contribution in [-0.4, -0.2) is 13.1 Å². The average Bonchev–Trinajstić information content (AvgIpc) is 2.39. The number of carbonyl (C=O) groups is 1. The van der Waals surface area contributed by atoms with E-state index in [9.17, 15) is 4.79 Å². The Balaban J connectivity index is 3.17. The summed E-state index contributed by atoms with van der Waals surface area (Å²) >= 11 is 0. The van der Waals surface area contributed by atoms with Crippen LogP contribution >= 0.6 is 0 Å². The molecule has 0 aromatic rings. The normalized spacial score (nSPS) is 9.67. The topological polar surface area (TPSA) is 26.3 Å². The van der Waals surface area contributed by atoms with Gasteiger partial charge in [-0.2, -0.15) is 0 Å². The molecule has 18 heavy (non-hydrogen) atoms. The Morgan fingerprint density at radius 3 is 2.06 bits per heavy atom. The van der Waals surface area contributed by atoms with E-state index in [0.717, 1.165) is 25.7 Å². The maximum atomic E-state index is 10.8. The van der Waals surface area contributed by atoms with Gasteiger partial charge in [-0.1, -0.05) is 39.0 Å². The molecule has 0 atom stereocenters. The van der Waals surface area contributed by atoms with Crippen LogP contribution in [0, 0.1) is 11.8 Å². The van der Waals surface area contributed by atoms with Gasteiger partial charge >= 0.3 is 5.97 Å². The summed E-state index contributed by atoms with van der Waals surface area (Å²) in [6.07, 6.45) is 12.3. The van der Waals surface area contributed by atoms with E-state index in [4.69, 9.17) is 0 Å². The van der Waals surface area contributed by atoms with Crippen LogP contribution in [-0.2, 0) is 9.53 Å². The van der Waals surface area contributed by atoms with Crippen molar-refractivity contribution in [3.8, 4) is 11.8 Å². The smallest absolute Gasteiger partial charge is 0.305 e. The molecule has 0 aromatic carbocycles. The minimum atomic E-state index is -0.116. The highest BCUT2D eigenvalue weighted by atomic mass is 16.5. The van der Waals surface area contributed by atoms with Gasteiger partial charge in [-0.25, -0.2) is 0 Å². The van der Waals surface area contributed by atoms with E-state index in [1.807, 2.05) is 0 Å². The monoisotopic (exact) mass is 252 g/mol. The molecule has 0 fully saturated rings. The molecule has 0 saturated heterocycles. The van der Waals surface area contributed by atoms with Crippen molar-refractivity contribution in [1.29, 1.82) is 0 Å². The number of methoxy groups -OCH3 is 1. The van der Waals surface area contributed by atoms with Gasteiger partial charge in [-0.3, -0.25) is 4.79 Å². The zero-order valence-corrected chi connectivity index (χ0v) is 12.1. The second kappa shape index (κ2) is 14.1. The van der Waals surface area contributed by atoms with Crippen molar-refractivity contribution in [2.24, 2.45) is 0 Å². The summed E-state index contributed by atoms with van der Waals surface area (Å²) in [5.41, 5.74) is 0. The van der Waals surface area contributed by atoms with Crippen LogP contribution in [0.3, 0.4) is 0 Å². The first kappa shape index (κ1) is 17.0. The number of hydrogen-bond acceptors (Lipinski definition) is 2. The molecule has 2 heteroatoms. The molecule has 0 saturated carbocycles. The van der Waals surface area contributed by atoms with Gasteiger partial charge in [-0.05, 0) is 19.3 Å². The third-order valence-electron chi connectivity index (χ3n) is 2.94. The predicted molar refractivity (Wildman–Crippen MR) is 76.3 cm³/mol. The second-order valence-corrected chi connectivity index (χ2v) is 4.65. The van der Waals surface area contributed by atoms with E-state index in [-0.39, 0.29) is 5.97 Å². The van der Waals surface area contributed by atoms with Crippen LogP contribution in [0.4, 0.5) is 0 Å². The van der Waals surface area contributed by atoms with E-state index < -0.39 is 0 Å². The van der Waals surface area contributed by atoms with Gasteiger partial charge in [0.25, 0.3) is 0 Å². The molecular weight excluding hydrogens is 224 g/mol. The van der Waals surface area contributed by atoms with E-state index >= 15 is 0 Å². The van der Waals surface area contributed by atoms with Gasteiger partial charge in [0, 0.05) is 19.3 Å². The van der Waals surface area contributed by atoms with E-state index in [0.29, 0.717) is 6.42 Å². The Labute approximate surface area is 112 Å². The summed E-state index contributed by atoms with van der Waals surface area (Å²) in [7, 11) is 1.43. The molecule has 0 rings (SSSR count). The van der Waals surface area contributed by atoms with Gasteiger partial charge < -0.3 is 4.74 Å². The summed E-state index contributed by atoms with van der Waals surface area (Å²) in [6, 6.07) is 0. The number of ether oxygens (including phenoxy) is 1. The molecule has 0 aliphatic rings. The highest BCUT2D eigenvalue weighted by Gasteiger charge is 1.97. The largest absolute Gasteiger partial charge is 0.469 e. The Kier molecular flexibility index (Phi) is 13.3. The second-order valence-electron chi connectivity index (χ2n) is 4.65. The number of hydrogen-bond donors (Lipinski definition) is 0. The summed E-state index contributed by atoms with van der Waals surface area (Å²) in [6.45, 7) is 2.24. The van der Waals surface area contributed by atoms with Crippen LogP contribution in [0.5, 0.6) is 0 Å². The number of rotatable bonds is 10. The molecule has 2 nitrogen and oxygen atoms in total. The maximum absolute atomic E-state index is 10.8. The lowest BCUT2D eigenvalue weighted by molar-refractivity contribution is -0.140. The molecule has 0 radical (unpaired) electrons. The van der Waals surface area contributed by atoms with Crippen molar-refractivity contribution in [3.05, 3.63) is 0 Å². The zero-order chi connectivity index (χ0) is 13.5. The van der Waals surface area contributed by atoms with Crippen molar-refractivity contribution in [2.75, 3.05) is 7.11 Å². The van der Waals surface area contributed by atoms with E-state index in [1.165, 1.54) is 45.6 Å². The molecule has 0 aliphatic carbocycles. The Bertz CT molecular complexity index is 248. The fourth-order valence-electron chi connectivity index (χ4n) is 1.76. The number of esters is 1. The van der Waals surface area contributed by atoms with Gasteiger partial charge in [0.05, 0.1) is 7.11 Å². The minimum absolute atomic E-state index is 0.116. The zero-order valence-electron chi connectivity index (χ0n) is 12.1. The highest BCUT2D eigenvalue weighted by Crippen LogP contribution is 2.06. The van der Waals surface area contributed by atoms with Crippen LogP contribution in [0.25, 0.3) is 0 Å². The molecule has 0 bridgehead atoms. The molecule has 0 heterocycles. The number of carbonyl (C=O) groups excluding carboxylic acids is 1. The van der Waals surface area contributed by atoms with Gasteiger partial charge in [-0.15, -0.1) is 11.8 Å². The standard InChI is InChI=1S/C16H28O2/c1-3-4-5-6-7-8-9-10-11-12-13-14-15-16(17)18-2/h3-9,12-15H2,1-2H3. The first-order valence-corrected chi connectivity index (χ1v) is 7.33. The molecular formula is C16H28O2. The summed E-state index contributed by atoms with van der Waals surface area (Å²) in [5, 5.41) is 0. The Morgan fingerprint density at radius 2 is 1.44 bits per heavy atom. The minimum Gasteiger partial charge on any atom is -0.469 e.